The summed E-state index contributed by atoms with van der Waals surface area (Å²) in [6.45, 7) is 2.28. The van der Waals surface area contributed by atoms with Gasteiger partial charge in [0.1, 0.15) is 6.10 Å². The smallest absolute Gasteiger partial charge is 0.169 e. The SMILES string of the molecule is CCCCCCCCCCCCSC1=Nc2ccccc2[C@@H]([C@H](O)c2ccccc2)N1c1ccccc1. The number of anilines is 1. The molecule has 0 spiro atoms. The fourth-order valence-electron chi connectivity index (χ4n) is 5.11. The van der Waals surface area contributed by atoms with Gasteiger partial charge >= 0.3 is 0 Å². The second-order valence-electron chi connectivity index (χ2n) is 9.99. The Morgan fingerprint density at radius 3 is 1.97 bits per heavy atom. The number of benzene rings is 3. The van der Waals surface area contributed by atoms with E-state index in [-0.39, 0.29) is 6.04 Å². The number of nitrogens with zero attached hydrogens (tertiary/aromatic N) is 2. The molecule has 0 radical (unpaired) electrons. The average Bonchev–Trinajstić information content (AvgIpc) is 2.95. The fourth-order valence-corrected chi connectivity index (χ4v) is 6.16. The van der Waals surface area contributed by atoms with Gasteiger partial charge in [0.25, 0.3) is 0 Å². The molecule has 4 heteroatoms. The average molecular weight is 515 g/mol. The van der Waals surface area contributed by atoms with Crippen molar-refractivity contribution in [3.8, 4) is 0 Å². The molecular formula is C33H42N2OS. The molecule has 0 aliphatic carbocycles. The first-order chi connectivity index (χ1) is 18.3. The lowest BCUT2D eigenvalue weighted by Crippen LogP contribution is -2.39. The topological polar surface area (TPSA) is 35.8 Å². The summed E-state index contributed by atoms with van der Waals surface area (Å²) in [5, 5.41) is 12.7. The lowest BCUT2D eigenvalue weighted by atomic mass is 9.92. The number of aliphatic hydroxyl groups excluding tert-OH is 1. The summed E-state index contributed by atoms with van der Waals surface area (Å²) < 4.78 is 0. The maximum atomic E-state index is 11.7. The molecule has 196 valence electrons. The minimum absolute atomic E-state index is 0.242. The van der Waals surface area contributed by atoms with E-state index in [1.54, 1.807) is 0 Å². The molecule has 4 rings (SSSR count). The Labute approximate surface area is 228 Å². The number of aliphatic imine (C=N–C) groups is 1. The molecular weight excluding hydrogens is 472 g/mol. The van der Waals surface area contributed by atoms with Crippen LogP contribution in [0.1, 0.15) is 94.4 Å². The van der Waals surface area contributed by atoms with Crippen LogP contribution < -0.4 is 4.90 Å². The molecule has 1 N–H and O–H groups in total. The van der Waals surface area contributed by atoms with Gasteiger partial charge in [0.15, 0.2) is 5.17 Å². The molecule has 3 nitrogen and oxygen atoms in total. The van der Waals surface area contributed by atoms with Crippen molar-refractivity contribution in [2.24, 2.45) is 4.99 Å². The van der Waals surface area contributed by atoms with Gasteiger partial charge in [-0.25, -0.2) is 4.99 Å². The predicted molar refractivity (Wildman–Crippen MR) is 161 cm³/mol. The van der Waals surface area contributed by atoms with Crippen LogP contribution in [-0.4, -0.2) is 16.0 Å². The summed E-state index contributed by atoms with van der Waals surface area (Å²) in [5.41, 5.74) is 4.00. The van der Waals surface area contributed by atoms with Crippen molar-refractivity contribution in [2.75, 3.05) is 10.7 Å². The van der Waals surface area contributed by atoms with E-state index in [1.807, 2.05) is 60.3 Å². The van der Waals surface area contributed by atoms with Crippen LogP contribution in [0, 0.1) is 0 Å². The molecule has 0 saturated heterocycles. The van der Waals surface area contributed by atoms with Gasteiger partial charge in [-0.2, -0.15) is 0 Å². The zero-order chi connectivity index (χ0) is 25.7. The van der Waals surface area contributed by atoms with Crippen molar-refractivity contribution in [3.63, 3.8) is 0 Å². The molecule has 3 aromatic carbocycles. The molecule has 0 saturated carbocycles. The monoisotopic (exact) mass is 514 g/mol. The highest BCUT2D eigenvalue weighted by Gasteiger charge is 2.36. The van der Waals surface area contributed by atoms with E-state index in [4.69, 9.17) is 4.99 Å². The third-order valence-corrected chi connectivity index (χ3v) is 8.20. The number of hydrogen-bond acceptors (Lipinski definition) is 4. The molecule has 0 unspecified atom stereocenters. The van der Waals surface area contributed by atoms with Gasteiger partial charge in [0.05, 0.1) is 11.7 Å². The second-order valence-corrected chi connectivity index (χ2v) is 11.1. The van der Waals surface area contributed by atoms with Crippen molar-refractivity contribution in [1.82, 2.24) is 0 Å². The van der Waals surface area contributed by atoms with Gasteiger partial charge in [-0.15, -0.1) is 0 Å². The Balaban J connectivity index is 1.44. The maximum Gasteiger partial charge on any atom is 0.169 e. The Morgan fingerprint density at radius 2 is 1.30 bits per heavy atom. The van der Waals surface area contributed by atoms with E-state index in [9.17, 15) is 5.11 Å². The molecule has 1 heterocycles. The lowest BCUT2D eigenvalue weighted by molar-refractivity contribution is 0.147. The first-order valence-electron chi connectivity index (χ1n) is 14.2. The standard InChI is InChI=1S/C33H42N2OS/c1-2-3-4-5-6-7-8-9-10-19-26-37-33-34-30-25-18-17-24-29(30)31(32(36)27-20-13-11-14-21-27)35(33)28-22-15-12-16-23-28/h11-18,20-25,31-32,36H,2-10,19,26H2,1H3/t31-,32+/m0/s1. The largest absolute Gasteiger partial charge is 0.386 e. The normalized spacial score (nSPS) is 15.8. The molecule has 1 aliphatic heterocycles. The van der Waals surface area contributed by atoms with Crippen molar-refractivity contribution < 1.29 is 5.11 Å². The minimum atomic E-state index is -0.675. The molecule has 0 amide bonds. The second kappa shape index (κ2) is 15.0. The Bertz CT molecular complexity index is 1090. The summed E-state index contributed by atoms with van der Waals surface area (Å²) >= 11 is 1.82. The van der Waals surface area contributed by atoms with E-state index in [0.717, 1.165) is 33.4 Å². The van der Waals surface area contributed by atoms with E-state index >= 15 is 0 Å². The van der Waals surface area contributed by atoms with Crippen LogP contribution in [0.2, 0.25) is 0 Å². The summed E-state index contributed by atoms with van der Waals surface area (Å²) in [4.78, 5) is 7.36. The van der Waals surface area contributed by atoms with Crippen LogP contribution in [-0.2, 0) is 0 Å². The highest BCUT2D eigenvalue weighted by Crippen LogP contribution is 2.45. The molecule has 1 aliphatic rings. The fraction of sp³-hybridized carbons (Fsp3) is 0.424. The van der Waals surface area contributed by atoms with Crippen molar-refractivity contribution in [2.45, 2.75) is 83.3 Å². The van der Waals surface area contributed by atoms with Crippen LogP contribution in [0.25, 0.3) is 0 Å². The van der Waals surface area contributed by atoms with Crippen molar-refractivity contribution in [3.05, 3.63) is 96.1 Å². The summed E-state index contributed by atoms with van der Waals surface area (Å²) in [6, 6.07) is 28.4. The Kier molecular flexibility index (Phi) is 11.1. The van der Waals surface area contributed by atoms with Crippen LogP contribution in [0.15, 0.2) is 89.9 Å². The predicted octanol–water partition coefficient (Wildman–Crippen LogP) is 9.62. The number of fused-ring (bicyclic) bond motifs is 1. The van der Waals surface area contributed by atoms with Gasteiger partial charge < -0.3 is 10.0 Å². The Hall–Kier alpha value is -2.56. The number of unbranched alkanes of at least 4 members (excludes halogenated alkanes) is 9. The van der Waals surface area contributed by atoms with E-state index < -0.39 is 6.10 Å². The summed E-state index contributed by atoms with van der Waals surface area (Å²) in [5.74, 6) is 1.04. The molecule has 0 aromatic heterocycles. The lowest BCUT2D eigenvalue weighted by Gasteiger charge is -2.40. The number of aliphatic hydroxyl groups is 1. The first kappa shape index (κ1) is 27.5. The summed E-state index contributed by atoms with van der Waals surface area (Å²) in [6.07, 6.45) is 12.7. The zero-order valence-corrected chi connectivity index (χ0v) is 23.1. The number of para-hydroxylation sites is 2. The molecule has 3 aromatic rings. The molecule has 0 fully saturated rings. The van der Waals surface area contributed by atoms with Gasteiger partial charge in [-0.3, -0.25) is 0 Å². The van der Waals surface area contributed by atoms with Crippen molar-refractivity contribution in [1.29, 1.82) is 0 Å². The third-order valence-electron chi connectivity index (χ3n) is 7.16. The quantitative estimate of drug-likeness (QED) is 0.218. The van der Waals surface area contributed by atoms with Gasteiger partial charge in [-0.05, 0) is 30.2 Å². The highest BCUT2D eigenvalue weighted by molar-refractivity contribution is 8.14. The van der Waals surface area contributed by atoms with Crippen LogP contribution in [0.4, 0.5) is 11.4 Å². The number of rotatable bonds is 14. The first-order valence-corrected chi connectivity index (χ1v) is 15.2. The number of thioether (sulfide) groups is 1. The van der Waals surface area contributed by atoms with Crippen molar-refractivity contribution >= 4 is 28.3 Å². The Morgan fingerprint density at radius 1 is 0.730 bits per heavy atom. The zero-order valence-electron chi connectivity index (χ0n) is 22.3. The third kappa shape index (κ3) is 7.72. The molecule has 0 bridgehead atoms. The molecule has 2 atom stereocenters. The van der Waals surface area contributed by atoms with E-state index in [1.165, 1.54) is 64.2 Å². The van der Waals surface area contributed by atoms with E-state index in [0.29, 0.717) is 0 Å². The van der Waals surface area contributed by atoms with Gasteiger partial charge in [-0.1, -0.05) is 143 Å². The van der Waals surface area contributed by atoms with E-state index in [2.05, 4.69) is 48.2 Å². The van der Waals surface area contributed by atoms with Crippen LogP contribution in [0.3, 0.4) is 0 Å². The number of amidine groups is 1. The van der Waals surface area contributed by atoms with Crippen LogP contribution in [0.5, 0.6) is 0 Å². The minimum Gasteiger partial charge on any atom is -0.386 e. The van der Waals surface area contributed by atoms with Gasteiger partial charge in [0, 0.05) is 17.0 Å². The molecule has 37 heavy (non-hydrogen) atoms. The summed E-state index contributed by atoms with van der Waals surface area (Å²) in [7, 11) is 0. The maximum absolute atomic E-state index is 11.7. The highest BCUT2D eigenvalue weighted by atomic mass is 32.2. The van der Waals surface area contributed by atoms with Gasteiger partial charge in [0.2, 0.25) is 0 Å². The number of hydrogen-bond donors (Lipinski definition) is 1. The van der Waals surface area contributed by atoms with Crippen LogP contribution >= 0.6 is 11.8 Å².